The Morgan fingerprint density at radius 1 is 1.12 bits per heavy atom. The maximum atomic E-state index is 14.6. The second-order valence-corrected chi connectivity index (χ2v) is 12.1. The highest BCUT2D eigenvalue weighted by atomic mass is 16.5. The predicted octanol–water partition coefficient (Wildman–Crippen LogP) is 3.71. The summed E-state index contributed by atoms with van der Waals surface area (Å²) in [6.45, 7) is 12.3. The standard InChI is InChI=1S/C33H45N3O6/c1-5-19-34(24-13-15-25(16-14-24)41-7-3)30(38)27-26-17-18-33(42-26)28(27)31(39)36(22(4)21-37)29(33)32(40)35(20-6-2)23-11-9-8-10-12-23/h5-6,13-16,22-23,26-29,37H,1-2,7-12,17-21H2,3-4H3/t22-,26+,27-,28+,29?,33?/m1/s1. The van der Waals surface area contributed by atoms with E-state index in [9.17, 15) is 19.5 Å². The Morgan fingerprint density at radius 2 is 1.81 bits per heavy atom. The molecule has 3 aliphatic heterocycles. The fourth-order valence-electron chi connectivity index (χ4n) is 7.84. The third-order valence-corrected chi connectivity index (χ3v) is 9.66. The number of nitrogens with zero attached hydrogens (tertiary/aromatic N) is 3. The van der Waals surface area contributed by atoms with Crippen molar-refractivity contribution in [2.45, 2.75) is 88.6 Å². The molecule has 2 bridgehead atoms. The van der Waals surface area contributed by atoms with Crippen molar-refractivity contribution in [1.29, 1.82) is 0 Å². The summed E-state index contributed by atoms with van der Waals surface area (Å²) in [7, 11) is 0. The van der Waals surface area contributed by atoms with Crippen molar-refractivity contribution < 1.29 is 29.0 Å². The smallest absolute Gasteiger partial charge is 0.248 e. The van der Waals surface area contributed by atoms with E-state index in [0.29, 0.717) is 37.4 Å². The van der Waals surface area contributed by atoms with Crippen LogP contribution in [0.25, 0.3) is 0 Å². The van der Waals surface area contributed by atoms with Gasteiger partial charge < -0.3 is 29.3 Å². The number of rotatable bonds is 12. The molecule has 9 heteroatoms. The minimum absolute atomic E-state index is 0.0693. The van der Waals surface area contributed by atoms with Crippen LogP contribution in [0.4, 0.5) is 5.69 Å². The molecule has 1 aliphatic carbocycles. The fourth-order valence-corrected chi connectivity index (χ4v) is 7.84. The molecule has 9 nitrogen and oxygen atoms in total. The van der Waals surface area contributed by atoms with Crippen molar-refractivity contribution in [2.24, 2.45) is 11.8 Å². The summed E-state index contributed by atoms with van der Waals surface area (Å²) in [4.78, 5) is 48.3. The molecule has 42 heavy (non-hydrogen) atoms. The normalized spacial score (nSPS) is 29.2. The number of hydrogen-bond acceptors (Lipinski definition) is 6. The van der Waals surface area contributed by atoms with E-state index in [1.807, 2.05) is 36.1 Å². The van der Waals surface area contributed by atoms with Crippen LogP contribution in [0.1, 0.15) is 58.8 Å². The van der Waals surface area contributed by atoms with Gasteiger partial charge in [0.1, 0.15) is 17.4 Å². The fraction of sp³-hybridized carbons (Fsp3) is 0.606. The number of aliphatic hydroxyl groups is 1. The van der Waals surface area contributed by atoms with Gasteiger partial charge in [0.2, 0.25) is 17.7 Å². The van der Waals surface area contributed by atoms with E-state index >= 15 is 0 Å². The molecule has 3 amide bonds. The van der Waals surface area contributed by atoms with Gasteiger partial charge in [-0.15, -0.1) is 13.2 Å². The third-order valence-electron chi connectivity index (χ3n) is 9.66. The molecule has 228 valence electrons. The van der Waals surface area contributed by atoms with Crippen molar-refractivity contribution in [3.05, 3.63) is 49.6 Å². The summed E-state index contributed by atoms with van der Waals surface area (Å²) >= 11 is 0. The Bertz CT molecular complexity index is 1180. The van der Waals surface area contributed by atoms with E-state index in [2.05, 4.69) is 13.2 Å². The Kier molecular flexibility index (Phi) is 9.08. The lowest BCUT2D eigenvalue weighted by Crippen LogP contribution is -2.60. The molecule has 1 aromatic carbocycles. The Balaban J connectivity index is 1.51. The van der Waals surface area contributed by atoms with Crippen molar-refractivity contribution in [2.75, 3.05) is 31.2 Å². The second kappa shape index (κ2) is 12.6. The molecule has 3 saturated heterocycles. The van der Waals surface area contributed by atoms with Crippen LogP contribution in [0, 0.1) is 11.8 Å². The van der Waals surface area contributed by atoms with Crippen LogP contribution in [0.3, 0.4) is 0 Å². The molecule has 4 fully saturated rings. The number of anilines is 1. The van der Waals surface area contributed by atoms with Crippen LogP contribution < -0.4 is 9.64 Å². The zero-order chi connectivity index (χ0) is 30.0. The molecular weight excluding hydrogens is 534 g/mol. The molecule has 0 aromatic heterocycles. The molecule has 4 aliphatic rings. The van der Waals surface area contributed by atoms with E-state index in [4.69, 9.17) is 9.47 Å². The number of benzene rings is 1. The molecule has 1 N–H and O–H groups in total. The first-order chi connectivity index (χ1) is 20.3. The highest BCUT2D eigenvalue weighted by Gasteiger charge is 2.75. The van der Waals surface area contributed by atoms with Crippen LogP contribution >= 0.6 is 0 Å². The Hall–Kier alpha value is -3.17. The lowest BCUT2D eigenvalue weighted by molar-refractivity contribution is -0.152. The Morgan fingerprint density at radius 3 is 2.43 bits per heavy atom. The molecular formula is C33H45N3O6. The number of aliphatic hydroxyl groups excluding tert-OH is 1. The molecule has 0 radical (unpaired) electrons. The van der Waals surface area contributed by atoms with Gasteiger partial charge in [0.25, 0.3) is 0 Å². The minimum Gasteiger partial charge on any atom is -0.494 e. The predicted molar refractivity (Wildman–Crippen MR) is 160 cm³/mol. The molecule has 5 rings (SSSR count). The third kappa shape index (κ3) is 5.04. The summed E-state index contributed by atoms with van der Waals surface area (Å²) in [5.41, 5.74) is -0.441. The first kappa shape index (κ1) is 30.3. The van der Waals surface area contributed by atoms with E-state index in [-0.39, 0.29) is 36.9 Å². The van der Waals surface area contributed by atoms with Gasteiger partial charge in [0, 0.05) is 24.8 Å². The molecule has 6 atom stereocenters. The highest BCUT2D eigenvalue weighted by molar-refractivity contribution is 6.03. The van der Waals surface area contributed by atoms with Crippen LogP contribution in [-0.2, 0) is 19.1 Å². The van der Waals surface area contributed by atoms with Crippen molar-refractivity contribution in [3.8, 4) is 5.75 Å². The average molecular weight is 580 g/mol. The van der Waals surface area contributed by atoms with Gasteiger partial charge in [-0.3, -0.25) is 14.4 Å². The molecule has 1 spiro atoms. The van der Waals surface area contributed by atoms with Gasteiger partial charge in [0.05, 0.1) is 37.2 Å². The zero-order valence-corrected chi connectivity index (χ0v) is 25.0. The SMILES string of the molecule is C=CCN(C(=O)[C@@H]1[C@@H]2CCC3(O2)C(C(=O)N(CC=C)C2CCCCC2)N([C@H](C)CO)C(=O)[C@H]13)c1ccc(OCC)cc1. The van der Waals surface area contributed by atoms with E-state index < -0.39 is 35.6 Å². The van der Waals surface area contributed by atoms with E-state index in [0.717, 1.165) is 32.1 Å². The van der Waals surface area contributed by atoms with Gasteiger partial charge in [-0.25, -0.2) is 0 Å². The number of amides is 3. The number of ether oxygens (including phenoxy) is 2. The Labute approximate surface area is 249 Å². The maximum Gasteiger partial charge on any atom is 0.248 e. The first-order valence-corrected chi connectivity index (χ1v) is 15.5. The van der Waals surface area contributed by atoms with Crippen molar-refractivity contribution in [1.82, 2.24) is 9.80 Å². The van der Waals surface area contributed by atoms with Crippen LogP contribution in [0.5, 0.6) is 5.75 Å². The number of likely N-dealkylation sites (tertiary alicyclic amines) is 1. The maximum absolute atomic E-state index is 14.6. The topological polar surface area (TPSA) is 99.6 Å². The molecule has 1 saturated carbocycles. The molecule has 3 heterocycles. The summed E-state index contributed by atoms with van der Waals surface area (Å²) < 4.78 is 12.2. The van der Waals surface area contributed by atoms with Crippen molar-refractivity contribution >= 4 is 23.4 Å². The van der Waals surface area contributed by atoms with E-state index in [1.165, 1.54) is 4.90 Å². The number of carbonyl (C=O) groups is 3. The minimum atomic E-state index is -1.12. The summed E-state index contributed by atoms with van der Waals surface area (Å²) in [6.07, 6.45) is 9.12. The zero-order valence-electron chi connectivity index (χ0n) is 25.0. The van der Waals surface area contributed by atoms with Gasteiger partial charge in [-0.1, -0.05) is 31.4 Å². The van der Waals surface area contributed by atoms with Gasteiger partial charge in [-0.05, 0) is 63.8 Å². The summed E-state index contributed by atoms with van der Waals surface area (Å²) in [6, 6.07) is 5.87. The van der Waals surface area contributed by atoms with Crippen LogP contribution in [-0.4, -0.2) is 88.8 Å². The lowest BCUT2D eigenvalue weighted by Gasteiger charge is -2.41. The van der Waals surface area contributed by atoms with Gasteiger partial charge >= 0.3 is 0 Å². The highest BCUT2D eigenvalue weighted by Crippen LogP contribution is 2.59. The number of fused-ring (bicyclic) bond motifs is 1. The van der Waals surface area contributed by atoms with Gasteiger partial charge in [0.15, 0.2) is 0 Å². The van der Waals surface area contributed by atoms with Crippen LogP contribution in [0.2, 0.25) is 0 Å². The van der Waals surface area contributed by atoms with Gasteiger partial charge in [-0.2, -0.15) is 0 Å². The largest absolute Gasteiger partial charge is 0.494 e. The van der Waals surface area contributed by atoms with E-state index in [1.54, 1.807) is 24.0 Å². The van der Waals surface area contributed by atoms with Crippen molar-refractivity contribution in [3.63, 3.8) is 0 Å². The van der Waals surface area contributed by atoms with Crippen LogP contribution in [0.15, 0.2) is 49.6 Å². The molecule has 2 unspecified atom stereocenters. The molecule has 1 aromatic rings. The first-order valence-electron chi connectivity index (χ1n) is 15.5. The monoisotopic (exact) mass is 579 g/mol. The number of carbonyl (C=O) groups excluding carboxylic acids is 3. The lowest BCUT2D eigenvalue weighted by atomic mass is 9.70. The summed E-state index contributed by atoms with van der Waals surface area (Å²) in [5, 5.41) is 10.2. The number of hydrogen-bond donors (Lipinski definition) is 1. The summed E-state index contributed by atoms with van der Waals surface area (Å²) in [5.74, 6) is -1.52. The average Bonchev–Trinajstić information content (AvgIpc) is 3.66. The second-order valence-electron chi connectivity index (χ2n) is 12.1. The quantitative estimate of drug-likeness (QED) is 0.379.